The van der Waals surface area contributed by atoms with Crippen molar-refractivity contribution >= 4 is 24.1 Å². The maximum Gasteiger partial charge on any atom is 0.374 e. The minimum atomic E-state index is -3.15. The Morgan fingerprint density at radius 1 is 1.37 bits per heavy atom. The van der Waals surface area contributed by atoms with Gasteiger partial charge in [0.25, 0.3) is 0 Å². The van der Waals surface area contributed by atoms with Gasteiger partial charge in [-0.2, -0.15) is 0 Å². The zero-order valence-electron chi connectivity index (χ0n) is 11.2. The predicted molar refractivity (Wildman–Crippen MR) is 77.4 cm³/mol. The van der Waals surface area contributed by atoms with Gasteiger partial charge in [0.2, 0.25) is 0 Å². The third-order valence-electron chi connectivity index (χ3n) is 1.99. The van der Waals surface area contributed by atoms with Crippen LogP contribution in [-0.4, -0.2) is 24.9 Å². The molecule has 0 radical (unpaired) electrons. The molecule has 1 aromatic rings. The molecule has 0 saturated carbocycles. The summed E-state index contributed by atoms with van der Waals surface area (Å²) < 4.78 is 22.7. The van der Waals surface area contributed by atoms with E-state index in [1.54, 1.807) is 44.4 Å². The maximum atomic E-state index is 12.4. The van der Waals surface area contributed by atoms with Crippen molar-refractivity contribution in [3.63, 3.8) is 0 Å². The van der Waals surface area contributed by atoms with Gasteiger partial charge in [0, 0.05) is 0 Å². The van der Waals surface area contributed by atoms with Crippen molar-refractivity contribution in [1.29, 1.82) is 0 Å². The number of benzene rings is 1. The van der Waals surface area contributed by atoms with Gasteiger partial charge in [-0.3, -0.25) is 4.79 Å². The molecule has 0 amide bonds. The monoisotopic (exact) mass is 303 g/mol. The van der Waals surface area contributed by atoms with Crippen LogP contribution in [0.25, 0.3) is 0 Å². The minimum Gasteiger partial charge on any atom is -0.462 e. The van der Waals surface area contributed by atoms with E-state index in [1.807, 2.05) is 6.07 Å². The molecule has 106 valence electrons. The first-order chi connectivity index (χ1) is 8.95. The molecule has 1 N–H and O–H groups in total. The van der Waals surface area contributed by atoms with Crippen LogP contribution in [0, 0.1) is 0 Å². The summed E-state index contributed by atoms with van der Waals surface area (Å²) in [7, 11) is 0. The van der Waals surface area contributed by atoms with Crippen molar-refractivity contribution in [2.45, 2.75) is 20.0 Å². The van der Waals surface area contributed by atoms with Crippen LogP contribution in [0.15, 0.2) is 30.3 Å². The summed E-state index contributed by atoms with van der Waals surface area (Å²) in [5.74, 6) is 0.0332. The van der Waals surface area contributed by atoms with Gasteiger partial charge in [-0.25, -0.2) is 9.65 Å². The van der Waals surface area contributed by atoms with E-state index in [2.05, 4.69) is 5.09 Å². The van der Waals surface area contributed by atoms with E-state index in [9.17, 15) is 9.36 Å². The quantitative estimate of drug-likeness (QED) is 0.617. The van der Waals surface area contributed by atoms with Gasteiger partial charge in [-0.05, 0) is 43.6 Å². The lowest BCUT2D eigenvalue weighted by atomic mass is 10.3. The summed E-state index contributed by atoms with van der Waals surface area (Å²) in [6.45, 7) is 0.210. The number of para-hydroxylation sites is 1. The second-order valence-electron chi connectivity index (χ2n) is 3.96. The molecular weight excluding hydrogens is 285 g/mol. The molecule has 1 atom stereocenters. The van der Waals surface area contributed by atoms with Crippen LogP contribution in [-0.2, 0) is 14.1 Å². The molecule has 0 aliphatic rings. The number of carbonyl (C=O) groups is 1. The highest BCUT2D eigenvalue weighted by molar-refractivity contribution is 8.55. The maximum absolute atomic E-state index is 12.4. The first kappa shape index (κ1) is 16.1. The third-order valence-corrected chi connectivity index (χ3v) is 5.52. The first-order valence-electron chi connectivity index (χ1n) is 5.80. The number of rotatable bonds is 7. The largest absolute Gasteiger partial charge is 0.462 e. The molecule has 0 aliphatic heterocycles. The Morgan fingerprint density at radius 3 is 2.53 bits per heavy atom. The van der Waals surface area contributed by atoms with Crippen molar-refractivity contribution in [2.24, 2.45) is 0 Å². The molecule has 0 saturated heterocycles. The SMILES string of the molecule is CSP(=O)(NCC(=O)OC(C)C)Oc1ccccc1. The van der Waals surface area contributed by atoms with Crippen LogP contribution in [0.2, 0.25) is 0 Å². The predicted octanol–water partition coefficient (Wildman–Crippen LogP) is 3.08. The number of hydrogen-bond acceptors (Lipinski definition) is 5. The smallest absolute Gasteiger partial charge is 0.374 e. The van der Waals surface area contributed by atoms with Gasteiger partial charge in [0.05, 0.1) is 6.10 Å². The Bertz CT molecular complexity index is 452. The topological polar surface area (TPSA) is 64.6 Å². The number of hydrogen-bond donors (Lipinski definition) is 1. The number of carbonyl (C=O) groups excluding carboxylic acids is 1. The molecule has 7 heteroatoms. The van der Waals surface area contributed by atoms with Crippen LogP contribution < -0.4 is 9.61 Å². The third kappa shape index (κ3) is 6.14. The van der Waals surface area contributed by atoms with Crippen LogP contribution >= 0.6 is 18.1 Å². The lowest BCUT2D eigenvalue weighted by Crippen LogP contribution is -2.25. The van der Waals surface area contributed by atoms with Crippen LogP contribution in [0.5, 0.6) is 5.75 Å². The van der Waals surface area contributed by atoms with Crippen molar-refractivity contribution in [3.05, 3.63) is 30.3 Å². The van der Waals surface area contributed by atoms with E-state index in [4.69, 9.17) is 9.26 Å². The lowest BCUT2D eigenvalue weighted by Gasteiger charge is -2.18. The molecule has 1 rings (SSSR count). The zero-order chi connectivity index (χ0) is 14.3. The van der Waals surface area contributed by atoms with E-state index < -0.39 is 12.7 Å². The minimum absolute atomic E-state index is 0.150. The fourth-order valence-electron chi connectivity index (χ4n) is 1.22. The molecule has 0 spiro atoms. The highest BCUT2D eigenvalue weighted by atomic mass is 32.7. The zero-order valence-corrected chi connectivity index (χ0v) is 12.9. The van der Waals surface area contributed by atoms with Gasteiger partial charge in [-0.15, -0.1) is 0 Å². The molecule has 0 aromatic heterocycles. The van der Waals surface area contributed by atoms with Crippen LogP contribution in [0.1, 0.15) is 13.8 Å². The summed E-state index contributed by atoms with van der Waals surface area (Å²) in [4.78, 5) is 11.4. The summed E-state index contributed by atoms with van der Waals surface area (Å²) in [5.41, 5.74) is 0. The number of nitrogens with one attached hydrogen (secondary N) is 1. The summed E-state index contributed by atoms with van der Waals surface area (Å²) in [5, 5.41) is 2.62. The van der Waals surface area contributed by atoms with E-state index in [1.165, 1.54) is 0 Å². The fourth-order valence-corrected chi connectivity index (χ4v) is 3.27. The Kier molecular flexibility index (Phi) is 6.42. The van der Waals surface area contributed by atoms with Crippen molar-refractivity contribution in [3.8, 4) is 5.75 Å². The molecule has 0 aliphatic carbocycles. The average Bonchev–Trinajstić information content (AvgIpc) is 2.37. The Morgan fingerprint density at radius 2 is 2.00 bits per heavy atom. The highest BCUT2D eigenvalue weighted by Gasteiger charge is 2.24. The van der Waals surface area contributed by atoms with Gasteiger partial charge in [0.1, 0.15) is 12.3 Å². The Balaban J connectivity index is 2.56. The lowest BCUT2D eigenvalue weighted by molar-refractivity contribution is -0.145. The first-order valence-corrected chi connectivity index (χ1v) is 9.25. The van der Waals surface area contributed by atoms with Crippen molar-refractivity contribution in [1.82, 2.24) is 5.09 Å². The summed E-state index contributed by atoms with van der Waals surface area (Å²) in [6.07, 6.45) is 1.46. The number of ether oxygens (including phenoxy) is 1. The molecule has 0 bridgehead atoms. The molecule has 1 unspecified atom stereocenters. The van der Waals surface area contributed by atoms with E-state index >= 15 is 0 Å². The standard InChI is InChI=1S/C12H18NO4PS/c1-10(2)16-12(14)9-13-18(15,19-3)17-11-7-5-4-6-8-11/h4-8,10H,9H2,1-3H3,(H,13,15). The van der Waals surface area contributed by atoms with E-state index in [0.717, 1.165) is 11.4 Å². The van der Waals surface area contributed by atoms with E-state index in [-0.39, 0.29) is 12.6 Å². The normalized spacial score (nSPS) is 13.9. The molecule has 5 nitrogen and oxygen atoms in total. The molecule has 0 fully saturated rings. The van der Waals surface area contributed by atoms with Crippen molar-refractivity contribution in [2.75, 3.05) is 12.8 Å². The van der Waals surface area contributed by atoms with Gasteiger partial charge in [-0.1, -0.05) is 18.2 Å². The van der Waals surface area contributed by atoms with Crippen LogP contribution in [0.4, 0.5) is 0 Å². The molecule has 1 aromatic carbocycles. The molecule has 19 heavy (non-hydrogen) atoms. The second-order valence-corrected chi connectivity index (χ2v) is 8.35. The van der Waals surface area contributed by atoms with Gasteiger partial charge in [0.15, 0.2) is 0 Å². The van der Waals surface area contributed by atoms with Gasteiger partial charge >= 0.3 is 12.7 Å². The average molecular weight is 303 g/mol. The van der Waals surface area contributed by atoms with E-state index in [0.29, 0.717) is 5.75 Å². The van der Waals surface area contributed by atoms with Crippen molar-refractivity contribution < 1.29 is 18.6 Å². The molecule has 0 heterocycles. The Hall–Kier alpha value is -0.970. The summed E-state index contributed by atoms with van der Waals surface area (Å²) >= 11 is 1.04. The Labute approximate surface area is 117 Å². The number of esters is 1. The fraction of sp³-hybridized carbons (Fsp3) is 0.417. The second kappa shape index (κ2) is 7.58. The molecular formula is C12H18NO4PS. The summed E-state index contributed by atoms with van der Waals surface area (Å²) in [6, 6.07) is 8.82. The highest BCUT2D eigenvalue weighted by Crippen LogP contribution is 2.53. The van der Waals surface area contributed by atoms with Gasteiger partial charge < -0.3 is 9.26 Å². The van der Waals surface area contributed by atoms with Crippen LogP contribution in [0.3, 0.4) is 0 Å².